The Balaban J connectivity index is 2.59. The third kappa shape index (κ3) is 7.42. The predicted molar refractivity (Wildman–Crippen MR) is 83.1 cm³/mol. The van der Waals surface area contributed by atoms with Crippen LogP contribution in [0.25, 0.3) is 0 Å². The molecule has 1 aromatic rings. The number of aromatic nitrogens is 2. The van der Waals surface area contributed by atoms with Gasteiger partial charge in [-0.2, -0.15) is 4.98 Å². The van der Waals surface area contributed by atoms with Crippen molar-refractivity contribution >= 4 is 16.1 Å². The number of nitrogens with one attached hydrogen (secondary N) is 1. The van der Waals surface area contributed by atoms with E-state index in [4.69, 9.17) is 9.26 Å². The number of carbonyl (C=O) groups is 1. The van der Waals surface area contributed by atoms with Crippen LogP contribution in [-0.4, -0.2) is 54.5 Å². The number of nitrogens with zero attached hydrogens (tertiary/aromatic N) is 3. The summed E-state index contributed by atoms with van der Waals surface area (Å²) in [5, 5.41) is 3.77. The van der Waals surface area contributed by atoms with E-state index in [-0.39, 0.29) is 18.5 Å². The molecule has 1 atom stereocenters. The zero-order valence-corrected chi connectivity index (χ0v) is 15.1. The van der Waals surface area contributed by atoms with Crippen molar-refractivity contribution in [2.45, 2.75) is 52.3 Å². The second-order valence-corrected chi connectivity index (χ2v) is 8.18. The van der Waals surface area contributed by atoms with Gasteiger partial charge >= 0.3 is 6.09 Å². The van der Waals surface area contributed by atoms with Gasteiger partial charge in [-0.25, -0.2) is 17.9 Å². The van der Waals surface area contributed by atoms with Crippen molar-refractivity contribution in [3.05, 3.63) is 11.7 Å². The molecule has 1 amide bonds. The number of ether oxygens (including phenoxy) is 1. The van der Waals surface area contributed by atoms with Crippen molar-refractivity contribution in [2.24, 2.45) is 0 Å². The maximum absolute atomic E-state index is 12.0. The van der Waals surface area contributed by atoms with Crippen molar-refractivity contribution in [1.82, 2.24) is 19.8 Å². The average molecular weight is 348 g/mol. The lowest BCUT2D eigenvalue weighted by molar-refractivity contribution is 0.0234. The van der Waals surface area contributed by atoms with Crippen LogP contribution in [0.1, 0.15) is 39.4 Å². The van der Waals surface area contributed by atoms with E-state index in [0.29, 0.717) is 12.2 Å². The fourth-order valence-electron chi connectivity index (χ4n) is 1.55. The van der Waals surface area contributed by atoms with Crippen molar-refractivity contribution in [3.8, 4) is 0 Å². The SMILES string of the molecule is C[C@@H](Cc1noc(CNS(C)(=O)=O)n1)N(C)C(=O)OC(C)(C)C. The summed E-state index contributed by atoms with van der Waals surface area (Å²) in [5.74, 6) is 0.552. The zero-order chi connectivity index (χ0) is 17.8. The van der Waals surface area contributed by atoms with Crippen LogP contribution in [0.15, 0.2) is 4.52 Å². The van der Waals surface area contributed by atoms with Gasteiger partial charge in [0.05, 0.1) is 12.8 Å². The molecule has 0 aliphatic rings. The highest BCUT2D eigenvalue weighted by atomic mass is 32.2. The minimum absolute atomic E-state index is 0.0673. The van der Waals surface area contributed by atoms with E-state index >= 15 is 0 Å². The first-order chi connectivity index (χ1) is 10.4. The van der Waals surface area contributed by atoms with E-state index in [9.17, 15) is 13.2 Å². The van der Waals surface area contributed by atoms with Gasteiger partial charge in [-0.05, 0) is 27.7 Å². The Kier molecular flexibility index (Phi) is 6.11. The van der Waals surface area contributed by atoms with Gasteiger partial charge < -0.3 is 14.2 Å². The zero-order valence-electron chi connectivity index (χ0n) is 14.3. The first-order valence-corrected chi connectivity index (χ1v) is 8.98. The van der Waals surface area contributed by atoms with Crippen LogP contribution in [0.5, 0.6) is 0 Å². The van der Waals surface area contributed by atoms with Gasteiger partial charge in [0, 0.05) is 19.5 Å². The molecule has 10 heteroatoms. The van der Waals surface area contributed by atoms with E-state index < -0.39 is 21.7 Å². The fourth-order valence-corrected chi connectivity index (χ4v) is 1.94. The number of amides is 1. The van der Waals surface area contributed by atoms with Crippen LogP contribution >= 0.6 is 0 Å². The Labute approximate surface area is 136 Å². The minimum atomic E-state index is -3.33. The van der Waals surface area contributed by atoms with Gasteiger partial charge in [-0.1, -0.05) is 5.16 Å². The van der Waals surface area contributed by atoms with E-state index in [2.05, 4.69) is 14.9 Å². The summed E-state index contributed by atoms with van der Waals surface area (Å²) in [4.78, 5) is 17.5. The molecule has 23 heavy (non-hydrogen) atoms. The van der Waals surface area contributed by atoms with Crippen LogP contribution in [-0.2, 0) is 27.7 Å². The summed E-state index contributed by atoms with van der Waals surface area (Å²) in [6, 6.07) is -0.210. The summed E-state index contributed by atoms with van der Waals surface area (Å²) in [7, 11) is -1.70. The molecule has 1 N–H and O–H groups in total. The fraction of sp³-hybridized carbons (Fsp3) is 0.769. The third-order valence-electron chi connectivity index (χ3n) is 2.82. The molecule has 0 fully saturated rings. The molecule has 1 aromatic heterocycles. The van der Waals surface area contributed by atoms with Gasteiger partial charge in [0.15, 0.2) is 5.82 Å². The van der Waals surface area contributed by atoms with Crippen molar-refractivity contribution < 1.29 is 22.5 Å². The van der Waals surface area contributed by atoms with E-state index in [1.54, 1.807) is 27.8 Å². The number of carbonyl (C=O) groups excluding carboxylic acids is 1. The molecule has 0 unspecified atom stereocenters. The quantitative estimate of drug-likeness (QED) is 0.812. The minimum Gasteiger partial charge on any atom is -0.444 e. The standard InChI is InChI=1S/C13H24N4O5S/c1-9(17(5)12(18)21-13(2,3)4)7-10-15-11(22-16-10)8-14-23(6,19)20/h9,14H,7-8H2,1-6H3/t9-/m0/s1. The first kappa shape index (κ1) is 19.4. The lowest BCUT2D eigenvalue weighted by atomic mass is 10.2. The molecule has 0 saturated heterocycles. The summed E-state index contributed by atoms with van der Waals surface area (Å²) in [6.45, 7) is 7.15. The number of rotatable bonds is 6. The lowest BCUT2D eigenvalue weighted by Gasteiger charge is -2.28. The maximum atomic E-state index is 12.0. The van der Waals surface area contributed by atoms with Crippen LogP contribution < -0.4 is 4.72 Å². The van der Waals surface area contributed by atoms with E-state index in [1.165, 1.54) is 4.90 Å². The summed E-state index contributed by atoms with van der Waals surface area (Å²) in [5.41, 5.74) is -0.568. The third-order valence-corrected chi connectivity index (χ3v) is 3.49. The summed E-state index contributed by atoms with van der Waals surface area (Å²) in [6.07, 6.45) is 0.966. The topological polar surface area (TPSA) is 115 Å². The molecule has 0 aliphatic heterocycles. The van der Waals surface area contributed by atoms with Crippen LogP contribution in [0.3, 0.4) is 0 Å². The van der Waals surface area contributed by atoms with Crippen molar-refractivity contribution in [3.63, 3.8) is 0 Å². The number of hydrogen-bond acceptors (Lipinski definition) is 7. The number of sulfonamides is 1. The molecule has 0 aliphatic carbocycles. The van der Waals surface area contributed by atoms with Gasteiger partial charge in [-0.3, -0.25) is 0 Å². The Morgan fingerprint density at radius 2 is 2.04 bits per heavy atom. The monoisotopic (exact) mass is 348 g/mol. The smallest absolute Gasteiger partial charge is 0.410 e. The molecule has 1 heterocycles. The molecule has 0 spiro atoms. The second-order valence-electron chi connectivity index (χ2n) is 6.34. The molecule has 0 radical (unpaired) electrons. The molecule has 0 saturated carbocycles. The van der Waals surface area contributed by atoms with Gasteiger partial charge in [0.2, 0.25) is 15.9 Å². The highest BCUT2D eigenvalue weighted by Gasteiger charge is 2.24. The molecule has 0 bridgehead atoms. The second kappa shape index (κ2) is 7.26. The molecule has 0 aromatic carbocycles. The number of hydrogen-bond donors (Lipinski definition) is 1. The molecule has 1 rings (SSSR count). The van der Waals surface area contributed by atoms with Crippen LogP contribution in [0, 0.1) is 0 Å². The molecular formula is C13H24N4O5S. The Hall–Kier alpha value is -1.68. The van der Waals surface area contributed by atoms with Crippen LogP contribution in [0.2, 0.25) is 0 Å². The van der Waals surface area contributed by atoms with Gasteiger partial charge in [0.25, 0.3) is 0 Å². The molecule has 132 valence electrons. The van der Waals surface area contributed by atoms with Crippen molar-refractivity contribution in [2.75, 3.05) is 13.3 Å². The van der Waals surface area contributed by atoms with Gasteiger partial charge in [0.1, 0.15) is 5.60 Å². The Morgan fingerprint density at radius 1 is 1.43 bits per heavy atom. The van der Waals surface area contributed by atoms with Crippen molar-refractivity contribution in [1.29, 1.82) is 0 Å². The summed E-state index contributed by atoms with van der Waals surface area (Å²) < 4.78 is 34.5. The first-order valence-electron chi connectivity index (χ1n) is 7.09. The Bertz CT molecular complexity index is 635. The highest BCUT2D eigenvalue weighted by Crippen LogP contribution is 2.12. The highest BCUT2D eigenvalue weighted by molar-refractivity contribution is 7.88. The van der Waals surface area contributed by atoms with Gasteiger partial charge in [-0.15, -0.1) is 0 Å². The number of likely N-dealkylation sites (N-methyl/N-ethyl adjacent to an activating group) is 1. The lowest BCUT2D eigenvalue weighted by Crippen LogP contribution is -2.40. The largest absolute Gasteiger partial charge is 0.444 e. The predicted octanol–water partition coefficient (Wildman–Crippen LogP) is 0.917. The maximum Gasteiger partial charge on any atom is 0.410 e. The van der Waals surface area contributed by atoms with E-state index in [0.717, 1.165) is 6.26 Å². The normalized spacial score (nSPS) is 13.7. The van der Waals surface area contributed by atoms with Crippen LogP contribution in [0.4, 0.5) is 4.79 Å². The van der Waals surface area contributed by atoms with E-state index in [1.807, 2.05) is 6.92 Å². The summed E-state index contributed by atoms with van der Waals surface area (Å²) >= 11 is 0. The molecular weight excluding hydrogens is 324 g/mol. The Morgan fingerprint density at radius 3 is 2.57 bits per heavy atom. The average Bonchev–Trinajstić information content (AvgIpc) is 2.80. The molecule has 9 nitrogen and oxygen atoms in total.